The number of aliphatic carboxylic acids is 2. The maximum Gasteiger partial charge on any atom is 0.303 e. The zero-order chi connectivity index (χ0) is 11.6. The lowest BCUT2D eigenvalue weighted by molar-refractivity contribution is -0.141. The van der Waals surface area contributed by atoms with Crippen molar-refractivity contribution >= 4 is 21.8 Å². The second kappa shape index (κ2) is 4.18. The van der Waals surface area contributed by atoms with Crippen LogP contribution in [0.5, 0.6) is 0 Å². The number of rotatable bonds is 4. The molecule has 0 aliphatic carbocycles. The Labute approximate surface area is 86.8 Å². The smallest absolute Gasteiger partial charge is 0.303 e. The first-order valence-corrected chi connectivity index (χ1v) is 6.26. The second-order valence-electron chi connectivity index (χ2n) is 3.79. The summed E-state index contributed by atoms with van der Waals surface area (Å²) in [7, 11) is -3.26. The van der Waals surface area contributed by atoms with E-state index in [9.17, 15) is 18.0 Å². The van der Waals surface area contributed by atoms with Crippen LogP contribution in [0.2, 0.25) is 0 Å². The third-order valence-corrected chi connectivity index (χ3v) is 4.35. The molecule has 0 bridgehead atoms. The Morgan fingerprint density at radius 2 is 1.33 bits per heavy atom. The fourth-order valence-corrected chi connectivity index (χ4v) is 4.11. The van der Waals surface area contributed by atoms with E-state index in [-0.39, 0.29) is 24.3 Å². The first-order valence-electron chi connectivity index (χ1n) is 4.44. The fraction of sp³-hybridized carbons (Fsp3) is 0.750. The number of hydrogen-bond donors (Lipinski definition) is 2. The molecule has 1 saturated heterocycles. The van der Waals surface area contributed by atoms with Crippen molar-refractivity contribution in [3.63, 3.8) is 0 Å². The van der Waals surface area contributed by atoms with Gasteiger partial charge in [-0.05, 0) is 11.8 Å². The molecule has 0 saturated carbocycles. The minimum Gasteiger partial charge on any atom is -0.481 e. The quantitative estimate of drug-likeness (QED) is 0.687. The van der Waals surface area contributed by atoms with Gasteiger partial charge < -0.3 is 10.2 Å². The lowest BCUT2D eigenvalue weighted by Gasteiger charge is -2.12. The molecule has 15 heavy (non-hydrogen) atoms. The maximum absolute atomic E-state index is 11.2. The Hall–Kier alpha value is -1.11. The molecule has 0 spiro atoms. The largest absolute Gasteiger partial charge is 0.481 e. The number of sulfone groups is 1. The van der Waals surface area contributed by atoms with Crippen molar-refractivity contribution in [2.75, 3.05) is 11.5 Å². The van der Waals surface area contributed by atoms with E-state index in [1.807, 2.05) is 0 Å². The van der Waals surface area contributed by atoms with Crippen molar-refractivity contribution in [1.82, 2.24) is 0 Å². The topological polar surface area (TPSA) is 109 Å². The van der Waals surface area contributed by atoms with Crippen LogP contribution in [0.25, 0.3) is 0 Å². The highest BCUT2D eigenvalue weighted by molar-refractivity contribution is 7.91. The van der Waals surface area contributed by atoms with Gasteiger partial charge in [-0.25, -0.2) is 8.42 Å². The molecule has 0 unspecified atom stereocenters. The summed E-state index contributed by atoms with van der Waals surface area (Å²) in [6, 6.07) is 0. The lowest BCUT2D eigenvalue weighted by Crippen LogP contribution is -2.19. The highest BCUT2D eigenvalue weighted by Crippen LogP contribution is 2.30. The van der Waals surface area contributed by atoms with Gasteiger partial charge in [0.05, 0.1) is 11.5 Å². The summed E-state index contributed by atoms with van der Waals surface area (Å²) in [5.74, 6) is -3.73. The standard InChI is InChI=1S/C8H12O6S/c9-7(10)1-5-3-15(13,14)4-6(5)2-8(11)12/h5-6H,1-4H2,(H,9,10)(H,11,12)/t5-,6-/m0/s1. The molecule has 0 aromatic rings. The molecular formula is C8H12O6S. The van der Waals surface area contributed by atoms with Crippen LogP contribution in [0.1, 0.15) is 12.8 Å². The zero-order valence-corrected chi connectivity index (χ0v) is 8.74. The zero-order valence-electron chi connectivity index (χ0n) is 7.92. The number of carbonyl (C=O) groups is 2. The van der Waals surface area contributed by atoms with Crippen molar-refractivity contribution in [3.8, 4) is 0 Å². The maximum atomic E-state index is 11.2. The molecule has 2 N–H and O–H groups in total. The van der Waals surface area contributed by atoms with Crippen LogP contribution in [0.3, 0.4) is 0 Å². The molecule has 7 heteroatoms. The van der Waals surface area contributed by atoms with Crippen molar-refractivity contribution in [2.24, 2.45) is 11.8 Å². The molecule has 1 rings (SSSR count). The van der Waals surface area contributed by atoms with Gasteiger partial charge in [-0.1, -0.05) is 0 Å². The van der Waals surface area contributed by atoms with E-state index < -0.39 is 33.6 Å². The summed E-state index contributed by atoms with van der Waals surface area (Å²) in [4.78, 5) is 20.9. The monoisotopic (exact) mass is 236 g/mol. The molecule has 1 aliphatic heterocycles. The Morgan fingerprint density at radius 3 is 1.60 bits per heavy atom. The van der Waals surface area contributed by atoms with Crippen molar-refractivity contribution in [3.05, 3.63) is 0 Å². The summed E-state index contributed by atoms with van der Waals surface area (Å²) in [5, 5.41) is 17.1. The van der Waals surface area contributed by atoms with Crippen molar-refractivity contribution < 1.29 is 28.2 Å². The number of carboxylic acid groups (broad SMARTS) is 2. The van der Waals surface area contributed by atoms with Crippen LogP contribution in [-0.2, 0) is 19.4 Å². The summed E-state index contributed by atoms with van der Waals surface area (Å²) in [5.41, 5.74) is 0. The first kappa shape index (κ1) is 12.0. The average Bonchev–Trinajstić information content (AvgIpc) is 2.22. The Morgan fingerprint density at radius 1 is 1.00 bits per heavy atom. The number of hydrogen-bond acceptors (Lipinski definition) is 4. The molecule has 2 atom stereocenters. The summed E-state index contributed by atoms with van der Waals surface area (Å²) < 4.78 is 22.5. The molecular weight excluding hydrogens is 224 g/mol. The minimum atomic E-state index is -3.26. The van der Waals surface area contributed by atoms with Gasteiger partial charge in [0.15, 0.2) is 9.84 Å². The van der Waals surface area contributed by atoms with Gasteiger partial charge >= 0.3 is 11.9 Å². The minimum absolute atomic E-state index is 0.211. The molecule has 0 aromatic carbocycles. The third kappa shape index (κ3) is 3.50. The molecule has 0 amide bonds. The molecule has 0 radical (unpaired) electrons. The summed E-state index contributed by atoms with van der Waals surface area (Å²) in [6.07, 6.45) is -0.561. The van der Waals surface area contributed by atoms with Gasteiger partial charge in [0.1, 0.15) is 0 Å². The van der Waals surface area contributed by atoms with Gasteiger partial charge in [-0.2, -0.15) is 0 Å². The first-order chi connectivity index (χ1) is 6.80. The van der Waals surface area contributed by atoms with E-state index >= 15 is 0 Å². The normalized spacial score (nSPS) is 28.8. The van der Waals surface area contributed by atoms with E-state index in [1.165, 1.54) is 0 Å². The molecule has 1 heterocycles. The van der Waals surface area contributed by atoms with Crippen LogP contribution in [-0.4, -0.2) is 42.1 Å². The summed E-state index contributed by atoms with van der Waals surface area (Å²) in [6.45, 7) is 0. The Bertz CT molecular complexity index is 341. The molecule has 86 valence electrons. The van der Waals surface area contributed by atoms with Gasteiger partial charge in [0, 0.05) is 12.8 Å². The van der Waals surface area contributed by atoms with Crippen LogP contribution in [0.4, 0.5) is 0 Å². The van der Waals surface area contributed by atoms with Crippen LogP contribution in [0, 0.1) is 11.8 Å². The molecule has 1 aliphatic rings. The van der Waals surface area contributed by atoms with Gasteiger partial charge in [0.25, 0.3) is 0 Å². The van der Waals surface area contributed by atoms with E-state index in [4.69, 9.17) is 10.2 Å². The highest BCUT2D eigenvalue weighted by Gasteiger charge is 2.39. The van der Waals surface area contributed by atoms with E-state index in [1.54, 1.807) is 0 Å². The van der Waals surface area contributed by atoms with E-state index in [0.717, 1.165) is 0 Å². The molecule has 0 aromatic heterocycles. The predicted octanol–water partition coefficient (Wildman–Crippen LogP) is -0.403. The van der Waals surface area contributed by atoms with E-state index in [0.29, 0.717) is 0 Å². The molecule has 6 nitrogen and oxygen atoms in total. The van der Waals surface area contributed by atoms with E-state index in [2.05, 4.69) is 0 Å². The third-order valence-electron chi connectivity index (χ3n) is 2.48. The van der Waals surface area contributed by atoms with Gasteiger partial charge in [0.2, 0.25) is 0 Å². The average molecular weight is 236 g/mol. The fourth-order valence-electron chi connectivity index (χ4n) is 1.89. The SMILES string of the molecule is O=C(O)C[C@H]1CS(=O)(=O)C[C@@H]1CC(=O)O. The number of carboxylic acids is 2. The van der Waals surface area contributed by atoms with Crippen molar-refractivity contribution in [1.29, 1.82) is 0 Å². The van der Waals surface area contributed by atoms with Crippen LogP contribution >= 0.6 is 0 Å². The summed E-state index contributed by atoms with van der Waals surface area (Å²) >= 11 is 0. The Kier molecular flexibility index (Phi) is 3.33. The van der Waals surface area contributed by atoms with Crippen LogP contribution in [0.15, 0.2) is 0 Å². The second-order valence-corrected chi connectivity index (χ2v) is 5.95. The lowest BCUT2D eigenvalue weighted by atomic mass is 9.90. The van der Waals surface area contributed by atoms with Crippen LogP contribution < -0.4 is 0 Å². The Balaban J connectivity index is 2.74. The van der Waals surface area contributed by atoms with Gasteiger partial charge in [-0.15, -0.1) is 0 Å². The van der Waals surface area contributed by atoms with Gasteiger partial charge in [-0.3, -0.25) is 9.59 Å². The molecule has 1 fully saturated rings. The van der Waals surface area contributed by atoms with Crippen molar-refractivity contribution in [2.45, 2.75) is 12.8 Å². The highest BCUT2D eigenvalue weighted by atomic mass is 32.2. The predicted molar refractivity (Wildman–Crippen MR) is 50.1 cm³/mol.